The number of aromatic nitrogens is 2. The summed E-state index contributed by atoms with van der Waals surface area (Å²) >= 11 is 1.93. The van der Waals surface area contributed by atoms with Crippen LogP contribution >= 0.6 is 11.8 Å². The summed E-state index contributed by atoms with van der Waals surface area (Å²) in [4.78, 5) is 13.6. The van der Waals surface area contributed by atoms with Crippen molar-refractivity contribution >= 4 is 34.4 Å². The molecule has 1 saturated carbocycles. The Kier molecular flexibility index (Phi) is 4.40. The van der Waals surface area contributed by atoms with Crippen LogP contribution in [0.2, 0.25) is 0 Å². The topological polar surface area (TPSA) is 41.1 Å². The molecule has 5 rings (SSSR count). The minimum Gasteiger partial charge on any atom is -0.369 e. The van der Waals surface area contributed by atoms with Crippen LogP contribution in [0, 0.1) is 12.8 Å². The van der Waals surface area contributed by atoms with Crippen LogP contribution in [0.4, 0.5) is 11.8 Å². The highest BCUT2D eigenvalue weighted by atomic mass is 32.2. The number of aryl methyl sites for hydroxylation is 1. The number of rotatable bonds is 4. The number of nitrogens with zero attached hydrogens (tertiary/aromatic N) is 3. The van der Waals surface area contributed by atoms with Crippen molar-refractivity contribution in [3.8, 4) is 0 Å². The third kappa shape index (κ3) is 3.61. The van der Waals surface area contributed by atoms with E-state index in [1.54, 1.807) is 0 Å². The minimum atomic E-state index is 0.810. The second kappa shape index (κ2) is 7.04. The predicted octanol–water partition coefficient (Wildman–Crippen LogP) is 4.87. The summed E-state index contributed by atoms with van der Waals surface area (Å²) in [7, 11) is 0. The summed E-state index contributed by atoms with van der Waals surface area (Å²) in [5, 5.41) is 4.74. The van der Waals surface area contributed by atoms with E-state index in [9.17, 15) is 0 Å². The van der Waals surface area contributed by atoms with E-state index in [4.69, 9.17) is 9.97 Å². The standard InChI is InChI=1S/C22H24N4S/c1-15-6-9-19-18(12-15)21(23-13-16-7-8-16)25-22(24-19)26-10-11-27-20-5-3-2-4-17(20)14-26/h2-6,9,12,16H,7-8,10-11,13-14H2,1H3,(H,23,24,25). The Hall–Kier alpha value is -2.27. The summed E-state index contributed by atoms with van der Waals surface area (Å²) in [6.07, 6.45) is 2.67. The summed E-state index contributed by atoms with van der Waals surface area (Å²) in [6.45, 7) is 4.96. The molecule has 2 heterocycles. The number of hydrogen-bond acceptors (Lipinski definition) is 5. The molecule has 1 aliphatic heterocycles. The van der Waals surface area contributed by atoms with Crippen molar-refractivity contribution in [2.24, 2.45) is 5.92 Å². The first-order chi connectivity index (χ1) is 13.3. The summed E-state index contributed by atoms with van der Waals surface area (Å²) < 4.78 is 0. The third-order valence-corrected chi connectivity index (χ3v) is 6.43. The highest BCUT2D eigenvalue weighted by Crippen LogP contribution is 2.32. The van der Waals surface area contributed by atoms with Crippen molar-refractivity contribution in [3.63, 3.8) is 0 Å². The smallest absolute Gasteiger partial charge is 0.228 e. The van der Waals surface area contributed by atoms with E-state index in [0.717, 1.165) is 54.0 Å². The lowest BCUT2D eigenvalue weighted by atomic mass is 10.1. The molecule has 0 saturated heterocycles. The average Bonchev–Trinajstić information content (AvgIpc) is 3.52. The zero-order valence-corrected chi connectivity index (χ0v) is 16.4. The van der Waals surface area contributed by atoms with E-state index in [1.807, 2.05) is 11.8 Å². The lowest BCUT2D eigenvalue weighted by Crippen LogP contribution is -2.26. The molecular weight excluding hydrogens is 352 g/mol. The monoisotopic (exact) mass is 376 g/mol. The fourth-order valence-corrected chi connectivity index (χ4v) is 4.59. The molecule has 2 aromatic carbocycles. The van der Waals surface area contributed by atoms with E-state index in [0.29, 0.717) is 0 Å². The van der Waals surface area contributed by atoms with Gasteiger partial charge in [-0.2, -0.15) is 4.98 Å². The number of hydrogen-bond donors (Lipinski definition) is 1. The maximum Gasteiger partial charge on any atom is 0.228 e. The lowest BCUT2D eigenvalue weighted by molar-refractivity contribution is 0.798. The first-order valence-electron chi connectivity index (χ1n) is 9.74. The van der Waals surface area contributed by atoms with Gasteiger partial charge in [-0.05, 0) is 49.4 Å². The van der Waals surface area contributed by atoms with Gasteiger partial charge in [-0.25, -0.2) is 4.98 Å². The maximum atomic E-state index is 4.97. The fourth-order valence-electron chi connectivity index (χ4n) is 3.57. The molecule has 2 aliphatic rings. The van der Waals surface area contributed by atoms with Gasteiger partial charge < -0.3 is 10.2 Å². The van der Waals surface area contributed by atoms with Gasteiger partial charge in [0.15, 0.2) is 0 Å². The molecule has 27 heavy (non-hydrogen) atoms. The Morgan fingerprint density at radius 1 is 1.15 bits per heavy atom. The SMILES string of the molecule is Cc1ccc2nc(N3CCSc4ccccc4C3)nc(NCC3CC3)c2c1. The Labute approximate surface area is 164 Å². The second-order valence-electron chi connectivity index (χ2n) is 7.59. The van der Waals surface area contributed by atoms with Gasteiger partial charge in [-0.1, -0.05) is 29.8 Å². The van der Waals surface area contributed by atoms with Gasteiger partial charge in [0.25, 0.3) is 0 Å². The van der Waals surface area contributed by atoms with Gasteiger partial charge >= 0.3 is 0 Å². The number of anilines is 2. The van der Waals surface area contributed by atoms with Crippen LogP contribution in [0.5, 0.6) is 0 Å². The molecule has 0 bridgehead atoms. The quantitative estimate of drug-likeness (QED) is 0.703. The fraction of sp³-hybridized carbons (Fsp3) is 0.364. The third-order valence-electron chi connectivity index (χ3n) is 5.33. The van der Waals surface area contributed by atoms with E-state index in [2.05, 4.69) is 59.6 Å². The highest BCUT2D eigenvalue weighted by Gasteiger charge is 2.22. The molecule has 4 nitrogen and oxygen atoms in total. The molecule has 1 aliphatic carbocycles. The Morgan fingerprint density at radius 3 is 2.93 bits per heavy atom. The highest BCUT2D eigenvalue weighted by molar-refractivity contribution is 7.99. The first kappa shape index (κ1) is 16.9. The zero-order valence-electron chi connectivity index (χ0n) is 15.6. The van der Waals surface area contributed by atoms with Crippen molar-refractivity contribution in [2.45, 2.75) is 31.2 Å². The molecular formula is C22H24N4S. The molecule has 0 atom stereocenters. The van der Waals surface area contributed by atoms with Crippen molar-refractivity contribution in [2.75, 3.05) is 29.1 Å². The number of nitrogens with one attached hydrogen (secondary N) is 1. The van der Waals surface area contributed by atoms with Gasteiger partial charge in [-0.15, -0.1) is 11.8 Å². The summed E-state index contributed by atoms with van der Waals surface area (Å²) in [5.41, 5.74) is 3.63. The molecule has 5 heteroatoms. The van der Waals surface area contributed by atoms with E-state index >= 15 is 0 Å². The Morgan fingerprint density at radius 2 is 2.04 bits per heavy atom. The Balaban J connectivity index is 1.53. The predicted molar refractivity (Wildman–Crippen MR) is 114 cm³/mol. The molecule has 1 N–H and O–H groups in total. The maximum absolute atomic E-state index is 4.97. The van der Waals surface area contributed by atoms with Crippen molar-refractivity contribution in [3.05, 3.63) is 53.6 Å². The van der Waals surface area contributed by atoms with Crippen LogP contribution in [0.15, 0.2) is 47.4 Å². The van der Waals surface area contributed by atoms with E-state index < -0.39 is 0 Å². The normalized spacial score (nSPS) is 16.9. The van der Waals surface area contributed by atoms with Crippen molar-refractivity contribution in [1.82, 2.24) is 9.97 Å². The first-order valence-corrected chi connectivity index (χ1v) is 10.7. The van der Waals surface area contributed by atoms with Crippen molar-refractivity contribution in [1.29, 1.82) is 0 Å². The molecule has 1 aromatic heterocycles. The van der Waals surface area contributed by atoms with Crippen LogP contribution in [0.3, 0.4) is 0 Å². The second-order valence-corrected chi connectivity index (χ2v) is 8.73. The minimum absolute atomic E-state index is 0.810. The molecule has 3 aromatic rings. The van der Waals surface area contributed by atoms with Crippen LogP contribution in [-0.4, -0.2) is 28.8 Å². The number of fused-ring (bicyclic) bond motifs is 2. The molecule has 1 fully saturated rings. The summed E-state index contributed by atoms with van der Waals surface area (Å²) in [6, 6.07) is 15.1. The van der Waals surface area contributed by atoms with E-state index in [1.165, 1.54) is 28.9 Å². The molecule has 138 valence electrons. The van der Waals surface area contributed by atoms with Gasteiger partial charge in [0.1, 0.15) is 5.82 Å². The zero-order chi connectivity index (χ0) is 18.2. The van der Waals surface area contributed by atoms with E-state index in [-0.39, 0.29) is 0 Å². The van der Waals surface area contributed by atoms with Crippen LogP contribution in [0.25, 0.3) is 10.9 Å². The molecule has 0 amide bonds. The number of thioether (sulfide) groups is 1. The summed E-state index contributed by atoms with van der Waals surface area (Å²) in [5.74, 6) is 3.68. The molecule has 0 unspecified atom stereocenters. The van der Waals surface area contributed by atoms with Crippen LogP contribution in [0.1, 0.15) is 24.0 Å². The van der Waals surface area contributed by atoms with Gasteiger partial charge in [0.2, 0.25) is 5.95 Å². The lowest BCUT2D eigenvalue weighted by Gasteiger charge is -2.22. The van der Waals surface area contributed by atoms with Gasteiger partial charge in [0, 0.05) is 35.7 Å². The van der Waals surface area contributed by atoms with Crippen molar-refractivity contribution < 1.29 is 0 Å². The van der Waals surface area contributed by atoms with Gasteiger partial charge in [-0.3, -0.25) is 0 Å². The van der Waals surface area contributed by atoms with Gasteiger partial charge in [0.05, 0.1) is 5.52 Å². The molecule has 0 spiro atoms. The number of benzene rings is 2. The average molecular weight is 377 g/mol. The Bertz CT molecular complexity index is 983. The largest absolute Gasteiger partial charge is 0.369 e. The van der Waals surface area contributed by atoms with Crippen LogP contribution < -0.4 is 10.2 Å². The molecule has 0 radical (unpaired) electrons. The van der Waals surface area contributed by atoms with Crippen LogP contribution in [-0.2, 0) is 6.54 Å².